The van der Waals surface area contributed by atoms with Gasteiger partial charge in [-0.15, -0.1) is 0 Å². The van der Waals surface area contributed by atoms with Gasteiger partial charge in [-0.25, -0.2) is 4.98 Å². The maximum atomic E-state index is 13.3. The van der Waals surface area contributed by atoms with Crippen molar-refractivity contribution in [1.82, 2.24) is 14.7 Å². The van der Waals surface area contributed by atoms with Crippen molar-refractivity contribution in [2.24, 2.45) is 0 Å². The Morgan fingerprint density at radius 2 is 1.91 bits per heavy atom. The number of anilines is 1. The van der Waals surface area contributed by atoms with Gasteiger partial charge in [0.1, 0.15) is 12.0 Å². The smallest absolute Gasteiger partial charge is 0.255 e. The van der Waals surface area contributed by atoms with E-state index in [0.29, 0.717) is 17.3 Å². The summed E-state index contributed by atoms with van der Waals surface area (Å²) in [5.41, 5.74) is 2.62. The Labute approximate surface area is 192 Å². The number of hydrogen-bond acceptors (Lipinski definition) is 7. The third-order valence-electron chi connectivity index (χ3n) is 5.06. The molecule has 0 saturated carbocycles. The first-order chi connectivity index (χ1) is 16.1. The van der Waals surface area contributed by atoms with Crippen LogP contribution < -0.4 is 15.0 Å². The summed E-state index contributed by atoms with van der Waals surface area (Å²) in [5.74, 6) is 0.598. The standard InChI is InChI=1S/C24H17FN4O3S/c1-31-21-7-2-15(17-3-8-22(25)26-14-17)13-20(21)29-19-6-5-18(12-16(19)4-9-24(29)30)33-28-23-10-11-32-27-23/h2-14H,1H3,(H,27,28). The Morgan fingerprint density at radius 1 is 1.03 bits per heavy atom. The predicted octanol–water partition coefficient (Wildman–Crippen LogP) is 5.31. The molecule has 0 spiro atoms. The normalized spacial score (nSPS) is 11.0. The van der Waals surface area contributed by atoms with Crippen molar-refractivity contribution >= 4 is 28.7 Å². The second kappa shape index (κ2) is 8.79. The van der Waals surface area contributed by atoms with Crippen molar-refractivity contribution in [1.29, 1.82) is 0 Å². The third kappa shape index (κ3) is 4.18. The van der Waals surface area contributed by atoms with Crippen LogP contribution in [0.3, 0.4) is 0 Å². The average Bonchev–Trinajstić information content (AvgIpc) is 3.37. The van der Waals surface area contributed by atoms with Crippen LogP contribution in [0.25, 0.3) is 27.7 Å². The molecule has 9 heteroatoms. The number of nitrogens with zero attached hydrogens (tertiary/aromatic N) is 3. The van der Waals surface area contributed by atoms with Crippen molar-refractivity contribution in [2.75, 3.05) is 11.8 Å². The Morgan fingerprint density at radius 3 is 2.67 bits per heavy atom. The largest absolute Gasteiger partial charge is 0.495 e. The molecule has 0 saturated heterocycles. The van der Waals surface area contributed by atoms with E-state index in [4.69, 9.17) is 9.26 Å². The summed E-state index contributed by atoms with van der Waals surface area (Å²) in [6.45, 7) is 0. The van der Waals surface area contributed by atoms with E-state index in [2.05, 4.69) is 14.9 Å². The number of ether oxygens (including phenoxy) is 1. The lowest BCUT2D eigenvalue weighted by molar-refractivity contribution is 0.413. The number of benzene rings is 2. The molecule has 0 radical (unpaired) electrons. The Hall–Kier alpha value is -4.11. The number of fused-ring (bicyclic) bond motifs is 1. The summed E-state index contributed by atoms with van der Waals surface area (Å²) in [5, 5.41) is 4.70. The Kier molecular flexibility index (Phi) is 5.54. The molecule has 33 heavy (non-hydrogen) atoms. The van der Waals surface area contributed by atoms with Gasteiger partial charge in [-0.1, -0.05) is 11.2 Å². The minimum absolute atomic E-state index is 0.198. The molecule has 7 nitrogen and oxygen atoms in total. The molecule has 3 heterocycles. The monoisotopic (exact) mass is 460 g/mol. The van der Waals surface area contributed by atoms with Gasteiger partial charge in [0.25, 0.3) is 5.56 Å². The van der Waals surface area contributed by atoms with Gasteiger partial charge in [-0.2, -0.15) is 4.39 Å². The summed E-state index contributed by atoms with van der Waals surface area (Å²) in [4.78, 5) is 17.6. The summed E-state index contributed by atoms with van der Waals surface area (Å²) in [6.07, 6.45) is 2.95. The van der Waals surface area contributed by atoms with Crippen molar-refractivity contribution in [3.63, 3.8) is 0 Å². The molecule has 2 aromatic carbocycles. The molecule has 0 unspecified atom stereocenters. The molecule has 0 atom stereocenters. The molecule has 0 aliphatic carbocycles. The van der Waals surface area contributed by atoms with Crippen molar-refractivity contribution in [3.05, 3.63) is 95.5 Å². The average molecular weight is 460 g/mol. The highest BCUT2D eigenvalue weighted by molar-refractivity contribution is 8.00. The van der Waals surface area contributed by atoms with Crippen LogP contribution in [-0.4, -0.2) is 21.8 Å². The highest BCUT2D eigenvalue weighted by Gasteiger charge is 2.13. The van der Waals surface area contributed by atoms with Gasteiger partial charge in [0.15, 0.2) is 5.82 Å². The first-order valence-corrected chi connectivity index (χ1v) is 10.7. The summed E-state index contributed by atoms with van der Waals surface area (Å²) in [6, 6.07) is 19.2. The van der Waals surface area contributed by atoms with Crippen LogP contribution in [-0.2, 0) is 0 Å². The summed E-state index contributed by atoms with van der Waals surface area (Å²) >= 11 is 1.39. The minimum Gasteiger partial charge on any atom is -0.495 e. The zero-order valence-corrected chi connectivity index (χ0v) is 18.2. The number of nitrogens with one attached hydrogen (secondary N) is 1. The van der Waals surface area contributed by atoms with Crippen molar-refractivity contribution < 1.29 is 13.7 Å². The van der Waals surface area contributed by atoms with Gasteiger partial charge in [0.05, 0.1) is 18.3 Å². The van der Waals surface area contributed by atoms with Gasteiger partial charge in [-0.3, -0.25) is 9.36 Å². The lowest BCUT2D eigenvalue weighted by atomic mass is 10.1. The molecular formula is C24H17FN4O3S. The van der Waals surface area contributed by atoms with Crippen molar-refractivity contribution in [2.45, 2.75) is 4.90 Å². The van der Waals surface area contributed by atoms with Crippen molar-refractivity contribution in [3.8, 4) is 22.6 Å². The van der Waals surface area contributed by atoms with E-state index in [1.807, 2.05) is 30.3 Å². The summed E-state index contributed by atoms with van der Waals surface area (Å²) < 4.78 is 28.4. The zero-order chi connectivity index (χ0) is 22.8. The van der Waals surface area contributed by atoms with Crippen LogP contribution >= 0.6 is 11.9 Å². The van der Waals surface area contributed by atoms with E-state index in [1.165, 1.54) is 36.5 Å². The highest BCUT2D eigenvalue weighted by atomic mass is 32.2. The van der Waals surface area contributed by atoms with Gasteiger partial charge in [0, 0.05) is 28.8 Å². The van der Waals surface area contributed by atoms with Gasteiger partial charge in [0.2, 0.25) is 5.95 Å². The fourth-order valence-electron chi connectivity index (χ4n) is 3.50. The topological polar surface area (TPSA) is 82.2 Å². The van der Waals surface area contributed by atoms with Crippen LogP contribution in [0.15, 0.2) is 93.4 Å². The molecule has 0 aliphatic rings. The van der Waals surface area contributed by atoms with Gasteiger partial charge >= 0.3 is 0 Å². The number of pyridine rings is 2. The molecular weight excluding hydrogens is 443 g/mol. The molecule has 0 fully saturated rings. The fourth-order valence-corrected chi connectivity index (χ4v) is 4.15. The molecule has 0 bridgehead atoms. The molecule has 3 aromatic heterocycles. The molecule has 0 amide bonds. The Bertz CT molecular complexity index is 1480. The maximum Gasteiger partial charge on any atom is 0.255 e. The van der Waals surface area contributed by atoms with Crippen LogP contribution in [0.2, 0.25) is 0 Å². The second-order valence-electron chi connectivity index (χ2n) is 7.07. The number of halogens is 1. The van der Waals surface area contributed by atoms with Gasteiger partial charge < -0.3 is 14.0 Å². The van der Waals surface area contributed by atoms with E-state index < -0.39 is 5.95 Å². The zero-order valence-electron chi connectivity index (χ0n) is 17.4. The van der Waals surface area contributed by atoms with E-state index in [9.17, 15) is 9.18 Å². The molecule has 1 N–H and O–H groups in total. The number of hydrogen-bond donors (Lipinski definition) is 1. The third-order valence-corrected chi connectivity index (χ3v) is 5.86. The Balaban J connectivity index is 1.59. The first-order valence-electron chi connectivity index (χ1n) is 9.92. The predicted molar refractivity (Wildman–Crippen MR) is 125 cm³/mol. The quantitative estimate of drug-likeness (QED) is 0.272. The van der Waals surface area contributed by atoms with Crippen LogP contribution in [0.5, 0.6) is 5.75 Å². The van der Waals surface area contributed by atoms with Crippen LogP contribution in [0, 0.1) is 5.95 Å². The lowest BCUT2D eigenvalue weighted by Gasteiger charge is -2.16. The minimum atomic E-state index is -0.551. The molecule has 164 valence electrons. The lowest BCUT2D eigenvalue weighted by Crippen LogP contribution is -2.18. The summed E-state index contributed by atoms with van der Waals surface area (Å²) in [7, 11) is 1.55. The number of aromatic nitrogens is 3. The van der Waals surface area contributed by atoms with E-state index >= 15 is 0 Å². The molecule has 5 rings (SSSR count). The van der Waals surface area contributed by atoms with Gasteiger partial charge in [-0.05, 0) is 71.4 Å². The highest BCUT2D eigenvalue weighted by Crippen LogP contribution is 2.31. The maximum absolute atomic E-state index is 13.3. The fraction of sp³-hybridized carbons (Fsp3) is 0.0417. The van der Waals surface area contributed by atoms with Crippen LogP contribution in [0.1, 0.15) is 0 Å². The van der Waals surface area contributed by atoms with E-state index in [1.54, 1.807) is 35.9 Å². The first kappa shape index (κ1) is 20.8. The SMILES string of the molecule is COc1ccc(-c2ccc(F)nc2)cc1-n1c(=O)ccc2cc(SNc3ccon3)ccc21. The van der Waals surface area contributed by atoms with E-state index in [0.717, 1.165) is 26.9 Å². The number of rotatable bonds is 6. The van der Waals surface area contributed by atoms with Crippen LogP contribution in [0.4, 0.5) is 10.2 Å². The molecule has 5 aromatic rings. The number of methoxy groups -OCH3 is 1. The second-order valence-corrected chi connectivity index (χ2v) is 7.95. The molecule has 0 aliphatic heterocycles. The van der Waals surface area contributed by atoms with E-state index in [-0.39, 0.29) is 5.56 Å².